The summed E-state index contributed by atoms with van der Waals surface area (Å²) in [4.78, 5) is 37.4. The van der Waals surface area contributed by atoms with Gasteiger partial charge in [0.1, 0.15) is 5.41 Å². The Morgan fingerprint density at radius 2 is 1.62 bits per heavy atom. The molecule has 3 rings (SSSR count). The van der Waals surface area contributed by atoms with Gasteiger partial charge in [-0.15, -0.1) is 0 Å². The van der Waals surface area contributed by atoms with E-state index >= 15 is 0 Å². The number of carbonyl (C=O) groups excluding carboxylic acids is 3. The standard InChI is InChI=1S/C18H19N3O3/c19-12-18(10-1-2-11-18)17(24)20-13-6-8-14(9-7-13)21-15(22)4-3-5-16(21)23/h6-9H,1-5,10-11H2,(H,20,24). The van der Waals surface area contributed by atoms with E-state index in [0.717, 1.165) is 12.8 Å². The van der Waals surface area contributed by atoms with Crippen LogP contribution in [0.25, 0.3) is 0 Å². The maximum absolute atomic E-state index is 12.4. The zero-order valence-electron chi connectivity index (χ0n) is 13.4. The SMILES string of the molecule is N#CC1(C(=O)Nc2ccc(N3C(=O)CCCC3=O)cc2)CCCC1. The molecule has 1 heterocycles. The van der Waals surface area contributed by atoms with Crippen molar-refractivity contribution in [3.05, 3.63) is 24.3 Å². The summed E-state index contributed by atoms with van der Waals surface area (Å²) < 4.78 is 0. The third-order valence-corrected chi connectivity index (χ3v) is 4.77. The summed E-state index contributed by atoms with van der Waals surface area (Å²) in [5.74, 6) is -0.671. The lowest BCUT2D eigenvalue weighted by molar-refractivity contribution is -0.129. The van der Waals surface area contributed by atoms with Crippen LogP contribution in [0.4, 0.5) is 11.4 Å². The Bertz CT molecular complexity index is 696. The number of imide groups is 1. The van der Waals surface area contributed by atoms with Gasteiger partial charge in [-0.1, -0.05) is 12.8 Å². The molecule has 1 saturated heterocycles. The van der Waals surface area contributed by atoms with Crippen LogP contribution in [0, 0.1) is 16.7 Å². The Balaban J connectivity index is 1.73. The van der Waals surface area contributed by atoms with Gasteiger partial charge in [0.25, 0.3) is 0 Å². The predicted molar refractivity (Wildman–Crippen MR) is 87.9 cm³/mol. The minimum Gasteiger partial charge on any atom is -0.325 e. The number of piperidine rings is 1. The first-order chi connectivity index (χ1) is 11.6. The smallest absolute Gasteiger partial charge is 0.244 e. The topological polar surface area (TPSA) is 90.3 Å². The minimum absolute atomic E-state index is 0.197. The van der Waals surface area contributed by atoms with Gasteiger partial charge in [-0.3, -0.25) is 19.3 Å². The molecule has 0 spiro atoms. The second-order valence-corrected chi connectivity index (χ2v) is 6.38. The number of carbonyl (C=O) groups is 3. The first kappa shape index (κ1) is 16.2. The lowest BCUT2D eigenvalue weighted by atomic mass is 9.87. The first-order valence-corrected chi connectivity index (χ1v) is 8.24. The molecule has 2 aliphatic rings. The summed E-state index contributed by atoms with van der Waals surface area (Å²) in [6.07, 6.45) is 4.29. The molecule has 1 saturated carbocycles. The van der Waals surface area contributed by atoms with Crippen molar-refractivity contribution in [3.8, 4) is 6.07 Å². The van der Waals surface area contributed by atoms with Crippen molar-refractivity contribution in [2.75, 3.05) is 10.2 Å². The summed E-state index contributed by atoms with van der Waals surface area (Å²) in [6.45, 7) is 0. The van der Waals surface area contributed by atoms with Gasteiger partial charge < -0.3 is 5.32 Å². The highest BCUT2D eigenvalue weighted by Crippen LogP contribution is 2.38. The first-order valence-electron chi connectivity index (χ1n) is 8.24. The number of benzene rings is 1. The fourth-order valence-electron chi connectivity index (χ4n) is 3.35. The van der Waals surface area contributed by atoms with Crippen LogP contribution in [-0.2, 0) is 14.4 Å². The fraction of sp³-hybridized carbons (Fsp3) is 0.444. The van der Waals surface area contributed by atoms with Gasteiger partial charge in [0.2, 0.25) is 17.7 Å². The highest BCUT2D eigenvalue weighted by molar-refractivity contribution is 6.16. The summed E-state index contributed by atoms with van der Waals surface area (Å²) in [5.41, 5.74) is 0.137. The number of anilines is 2. The number of hydrogen-bond acceptors (Lipinski definition) is 4. The van der Waals surface area contributed by atoms with Crippen molar-refractivity contribution in [2.45, 2.75) is 44.9 Å². The number of nitrogens with zero attached hydrogens (tertiary/aromatic N) is 2. The van der Waals surface area contributed by atoms with Crippen LogP contribution in [-0.4, -0.2) is 17.7 Å². The van der Waals surface area contributed by atoms with Crippen LogP contribution in [0.1, 0.15) is 44.9 Å². The van der Waals surface area contributed by atoms with E-state index in [0.29, 0.717) is 43.5 Å². The highest BCUT2D eigenvalue weighted by Gasteiger charge is 2.41. The van der Waals surface area contributed by atoms with E-state index < -0.39 is 5.41 Å². The molecule has 6 heteroatoms. The molecule has 2 fully saturated rings. The number of hydrogen-bond donors (Lipinski definition) is 1. The Morgan fingerprint density at radius 1 is 1.04 bits per heavy atom. The fourth-order valence-corrected chi connectivity index (χ4v) is 3.35. The average molecular weight is 325 g/mol. The Morgan fingerprint density at radius 3 is 2.17 bits per heavy atom. The van der Waals surface area contributed by atoms with Crippen LogP contribution < -0.4 is 10.2 Å². The summed E-state index contributed by atoms with van der Waals surface area (Å²) >= 11 is 0. The highest BCUT2D eigenvalue weighted by atomic mass is 16.2. The molecular formula is C18H19N3O3. The van der Waals surface area contributed by atoms with Crippen molar-refractivity contribution in [3.63, 3.8) is 0 Å². The minimum atomic E-state index is -0.933. The largest absolute Gasteiger partial charge is 0.325 e. The van der Waals surface area contributed by atoms with E-state index in [9.17, 15) is 19.6 Å². The Kier molecular flexibility index (Phi) is 4.34. The van der Waals surface area contributed by atoms with Crippen molar-refractivity contribution in [1.82, 2.24) is 0 Å². The Hall–Kier alpha value is -2.68. The molecule has 24 heavy (non-hydrogen) atoms. The molecular weight excluding hydrogens is 306 g/mol. The summed E-state index contributed by atoms with van der Waals surface area (Å²) in [5, 5.41) is 12.1. The third-order valence-electron chi connectivity index (χ3n) is 4.77. The summed E-state index contributed by atoms with van der Waals surface area (Å²) in [6, 6.07) is 8.76. The molecule has 1 aromatic carbocycles. The second-order valence-electron chi connectivity index (χ2n) is 6.38. The zero-order valence-corrected chi connectivity index (χ0v) is 13.4. The van der Waals surface area contributed by atoms with Crippen LogP contribution >= 0.6 is 0 Å². The molecule has 0 unspecified atom stereocenters. The molecule has 3 amide bonds. The van der Waals surface area contributed by atoms with Gasteiger partial charge in [0.05, 0.1) is 11.8 Å². The molecule has 0 aromatic heterocycles. The monoisotopic (exact) mass is 325 g/mol. The van der Waals surface area contributed by atoms with Gasteiger partial charge >= 0.3 is 0 Å². The maximum atomic E-state index is 12.4. The summed E-state index contributed by atoms with van der Waals surface area (Å²) in [7, 11) is 0. The molecule has 1 aliphatic carbocycles. The average Bonchev–Trinajstić information content (AvgIpc) is 3.06. The van der Waals surface area contributed by atoms with E-state index in [-0.39, 0.29) is 17.7 Å². The van der Waals surface area contributed by atoms with E-state index in [1.54, 1.807) is 24.3 Å². The number of nitriles is 1. The number of nitrogens with one attached hydrogen (secondary N) is 1. The van der Waals surface area contributed by atoms with Crippen molar-refractivity contribution in [2.24, 2.45) is 5.41 Å². The van der Waals surface area contributed by atoms with Crippen LogP contribution in [0.3, 0.4) is 0 Å². The van der Waals surface area contributed by atoms with Gasteiger partial charge in [0.15, 0.2) is 0 Å². The molecule has 1 aliphatic heterocycles. The maximum Gasteiger partial charge on any atom is 0.244 e. The molecule has 0 radical (unpaired) electrons. The van der Waals surface area contributed by atoms with Gasteiger partial charge in [-0.05, 0) is 43.5 Å². The van der Waals surface area contributed by atoms with Crippen molar-refractivity contribution >= 4 is 29.1 Å². The van der Waals surface area contributed by atoms with E-state index in [1.807, 2.05) is 0 Å². The third kappa shape index (κ3) is 2.90. The lowest BCUT2D eigenvalue weighted by Crippen LogP contribution is -2.40. The quantitative estimate of drug-likeness (QED) is 0.865. The van der Waals surface area contributed by atoms with Crippen molar-refractivity contribution in [1.29, 1.82) is 5.26 Å². The molecule has 0 bridgehead atoms. The van der Waals surface area contributed by atoms with E-state index in [1.165, 1.54) is 4.90 Å². The van der Waals surface area contributed by atoms with Crippen LogP contribution in [0.5, 0.6) is 0 Å². The molecule has 1 N–H and O–H groups in total. The van der Waals surface area contributed by atoms with Crippen molar-refractivity contribution < 1.29 is 14.4 Å². The van der Waals surface area contributed by atoms with Gasteiger partial charge in [-0.2, -0.15) is 5.26 Å². The Labute approximate surface area is 140 Å². The molecule has 1 aromatic rings. The second kappa shape index (κ2) is 6.44. The molecule has 6 nitrogen and oxygen atoms in total. The molecule has 0 atom stereocenters. The molecule has 124 valence electrons. The van der Waals surface area contributed by atoms with Crippen LogP contribution in [0.15, 0.2) is 24.3 Å². The van der Waals surface area contributed by atoms with Gasteiger partial charge in [0, 0.05) is 18.5 Å². The number of amides is 3. The normalized spacial score (nSPS) is 19.9. The lowest BCUT2D eigenvalue weighted by Gasteiger charge is -2.25. The van der Waals surface area contributed by atoms with Gasteiger partial charge in [-0.25, -0.2) is 0 Å². The predicted octanol–water partition coefficient (Wildman–Crippen LogP) is 2.75. The van der Waals surface area contributed by atoms with Crippen LogP contribution in [0.2, 0.25) is 0 Å². The van der Waals surface area contributed by atoms with E-state index in [2.05, 4.69) is 11.4 Å². The van der Waals surface area contributed by atoms with E-state index in [4.69, 9.17) is 0 Å². The zero-order chi connectivity index (χ0) is 17.2. The number of rotatable bonds is 3.